The number of rotatable bonds is 8. The Morgan fingerprint density at radius 1 is 1.04 bits per heavy atom. The van der Waals surface area contributed by atoms with Gasteiger partial charge >= 0.3 is 7.12 Å². The first-order chi connectivity index (χ1) is 12.4. The summed E-state index contributed by atoms with van der Waals surface area (Å²) in [6, 6.07) is 17.2. The summed E-state index contributed by atoms with van der Waals surface area (Å²) < 4.78 is 0. The van der Waals surface area contributed by atoms with Crippen molar-refractivity contribution < 1.29 is 14.8 Å². The Bertz CT molecular complexity index is 690. The van der Waals surface area contributed by atoms with Gasteiger partial charge in [0.2, 0.25) is 5.91 Å². The van der Waals surface area contributed by atoms with E-state index in [9.17, 15) is 14.8 Å². The predicted octanol–water partition coefficient (Wildman–Crippen LogP) is 1.77. The fraction of sp³-hybridized carbons (Fsp3) is 0.350. The number of nitrogens with one attached hydrogen (secondary N) is 1. The summed E-state index contributed by atoms with van der Waals surface area (Å²) in [5, 5.41) is 21.5. The van der Waals surface area contributed by atoms with Crippen molar-refractivity contribution in [2.75, 3.05) is 0 Å². The molecular formula is C20H27BN2O3. The molecule has 0 aliphatic heterocycles. The van der Waals surface area contributed by atoms with Gasteiger partial charge in [0.05, 0.1) is 12.0 Å². The molecule has 0 heterocycles. The van der Waals surface area contributed by atoms with Gasteiger partial charge in [-0.05, 0) is 35.4 Å². The lowest BCUT2D eigenvalue weighted by Gasteiger charge is -2.22. The van der Waals surface area contributed by atoms with Gasteiger partial charge in [0.25, 0.3) is 0 Å². The molecule has 2 aromatic rings. The van der Waals surface area contributed by atoms with Crippen LogP contribution in [-0.2, 0) is 11.2 Å². The molecule has 1 amide bonds. The summed E-state index contributed by atoms with van der Waals surface area (Å²) in [5.74, 6) is -0.867. The maximum atomic E-state index is 12.3. The van der Waals surface area contributed by atoms with Gasteiger partial charge in [-0.15, -0.1) is 0 Å². The third kappa shape index (κ3) is 5.98. The molecule has 138 valence electrons. The average molecular weight is 354 g/mol. The second kappa shape index (κ2) is 9.52. The van der Waals surface area contributed by atoms with E-state index in [0.717, 1.165) is 16.7 Å². The minimum absolute atomic E-state index is 0.226. The molecule has 26 heavy (non-hydrogen) atoms. The van der Waals surface area contributed by atoms with Crippen LogP contribution < -0.4 is 11.1 Å². The highest BCUT2D eigenvalue weighted by atomic mass is 16.4. The molecule has 0 radical (unpaired) electrons. The van der Waals surface area contributed by atoms with Gasteiger partial charge in [-0.3, -0.25) is 4.79 Å². The van der Waals surface area contributed by atoms with Crippen LogP contribution in [-0.4, -0.2) is 35.1 Å². The minimum Gasteiger partial charge on any atom is -0.426 e. The van der Waals surface area contributed by atoms with Crippen LogP contribution in [0.25, 0.3) is 11.1 Å². The molecule has 0 bridgehead atoms. The molecule has 5 N–H and O–H groups in total. The molecule has 6 heteroatoms. The van der Waals surface area contributed by atoms with E-state index in [1.54, 1.807) is 0 Å². The fourth-order valence-corrected chi connectivity index (χ4v) is 2.86. The Hall–Kier alpha value is -2.15. The molecule has 0 fully saturated rings. The third-order valence-corrected chi connectivity index (χ3v) is 4.27. The molecule has 0 aromatic heterocycles. The Balaban J connectivity index is 1.96. The van der Waals surface area contributed by atoms with E-state index in [0.29, 0.717) is 12.8 Å². The number of benzene rings is 2. The first-order valence-electron chi connectivity index (χ1n) is 8.93. The van der Waals surface area contributed by atoms with E-state index in [4.69, 9.17) is 5.73 Å². The van der Waals surface area contributed by atoms with E-state index in [2.05, 4.69) is 5.32 Å². The van der Waals surface area contributed by atoms with Crippen molar-refractivity contribution in [3.63, 3.8) is 0 Å². The zero-order valence-corrected chi connectivity index (χ0v) is 15.3. The molecule has 0 aliphatic rings. The van der Waals surface area contributed by atoms with E-state index in [-0.39, 0.29) is 11.8 Å². The lowest BCUT2D eigenvalue weighted by molar-refractivity contribution is -0.122. The van der Waals surface area contributed by atoms with Gasteiger partial charge in [0.1, 0.15) is 0 Å². The van der Waals surface area contributed by atoms with Crippen LogP contribution in [0.4, 0.5) is 0 Å². The summed E-state index contributed by atoms with van der Waals surface area (Å²) in [6.45, 7) is 3.91. The van der Waals surface area contributed by atoms with Crippen molar-refractivity contribution in [1.29, 1.82) is 0 Å². The summed E-state index contributed by atoms with van der Waals surface area (Å²) in [4.78, 5) is 12.3. The Morgan fingerprint density at radius 2 is 1.62 bits per heavy atom. The number of carbonyl (C=O) groups excluding carboxylic acids is 1. The van der Waals surface area contributed by atoms with Crippen molar-refractivity contribution >= 4 is 13.0 Å². The van der Waals surface area contributed by atoms with Crippen molar-refractivity contribution in [2.24, 2.45) is 11.7 Å². The first-order valence-corrected chi connectivity index (χ1v) is 8.93. The summed E-state index contributed by atoms with van der Waals surface area (Å²) in [6.07, 6.45) is 0.860. The van der Waals surface area contributed by atoms with Crippen molar-refractivity contribution in [2.45, 2.75) is 38.7 Å². The lowest BCUT2D eigenvalue weighted by Crippen LogP contribution is -2.52. The Morgan fingerprint density at radius 3 is 2.15 bits per heavy atom. The highest BCUT2D eigenvalue weighted by Crippen LogP contribution is 2.19. The van der Waals surface area contributed by atoms with E-state index in [1.165, 1.54) is 0 Å². The monoisotopic (exact) mass is 354 g/mol. The van der Waals surface area contributed by atoms with E-state index >= 15 is 0 Å². The van der Waals surface area contributed by atoms with Crippen LogP contribution >= 0.6 is 0 Å². The smallest absolute Gasteiger partial charge is 0.426 e. The average Bonchev–Trinajstić information content (AvgIpc) is 2.62. The van der Waals surface area contributed by atoms with Crippen molar-refractivity contribution in [1.82, 2.24) is 5.32 Å². The van der Waals surface area contributed by atoms with E-state index in [1.807, 2.05) is 68.4 Å². The fourth-order valence-electron chi connectivity index (χ4n) is 2.86. The van der Waals surface area contributed by atoms with E-state index < -0.39 is 19.1 Å². The number of hydrogen-bond acceptors (Lipinski definition) is 4. The van der Waals surface area contributed by atoms with Crippen molar-refractivity contribution in [3.8, 4) is 11.1 Å². The number of amides is 1. The van der Waals surface area contributed by atoms with Gasteiger partial charge in [0, 0.05) is 0 Å². The largest absolute Gasteiger partial charge is 0.475 e. The standard InChI is InChI=1S/C20H27BN2O3/c1-14(2)12-19(21(25)26)23-20(24)18(22)13-15-8-10-17(11-9-15)16-6-4-3-5-7-16/h3-11,14,18-19,25-26H,12-13,22H2,1-2H3,(H,23,24)/t18-,19-/m0/s1. The zero-order valence-electron chi connectivity index (χ0n) is 15.3. The maximum absolute atomic E-state index is 12.3. The molecule has 0 unspecified atom stereocenters. The molecule has 2 atom stereocenters. The van der Waals surface area contributed by atoms with Crippen molar-refractivity contribution in [3.05, 3.63) is 60.2 Å². The zero-order chi connectivity index (χ0) is 19.1. The van der Waals surface area contributed by atoms with Crippen LogP contribution in [0.15, 0.2) is 54.6 Å². The minimum atomic E-state index is -1.60. The van der Waals surface area contributed by atoms with Gasteiger partial charge in [-0.2, -0.15) is 0 Å². The predicted molar refractivity (Wildman–Crippen MR) is 105 cm³/mol. The van der Waals surface area contributed by atoms with Crippen LogP contribution in [0.2, 0.25) is 0 Å². The molecule has 0 spiro atoms. The Kier molecular flexibility index (Phi) is 7.39. The number of nitrogens with two attached hydrogens (primary N) is 1. The van der Waals surface area contributed by atoms with Crippen LogP contribution in [0, 0.1) is 5.92 Å². The van der Waals surface area contributed by atoms with Crippen LogP contribution in [0.5, 0.6) is 0 Å². The third-order valence-electron chi connectivity index (χ3n) is 4.27. The van der Waals surface area contributed by atoms with Gasteiger partial charge in [0.15, 0.2) is 0 Å². The second-order valence-electron chi connectivity index (χ2n) is 7.03. The SMILES string of the molecule is CC(C)C[C@H](NC(=O)[C@@H](N)Cc1ccc(-c2ccccc2)cc1)B(O)O. The quantitative estimate of drug-likeness (QED) is 0.544. The summed E-state index contributed by atoms with van der Waals surface area (Å²) in [7, 11) is -1.60. The molecule has 0 aliphatic carbocycles. The highest BCUT2D eigenvalue weighted by molar-refractivity contribution is 6.43. The van der Waals surface area contributed by atoms with Crippen LogP contribution in [0.3, 0.4) is 0 Å². The molecule has 2 aromatic carbocycles. The van der Waals surface area contributed by atoms with Gasteiger partial charge < -0.3 is 21.1 Å². The van der Waals surface area contributed by atoms with Crippen LogP contribution in [0.1, 0.15) is 25.8 Å². The van der Waals surface area contributed by atoms with Gasteiger partial charge in [-0.1, -0.05) is 68.4 Å². The number of carbonyl (C=O) groups is 1. The molecular weight excluding hydrogens is 327 g/mol. The first kappa shape index (κ1) is 20.2. The molecule has 2 rings (SSSR count). The molecule has 0 saturated carbocycles. The normalized spacial score (nSPS) is 13.3. The number of hydrogen-bond donors (Lipinski definition) is 4. The highest BCUT2D eigenvalue weighted by Gasteiger charge is 2.27. The summed E-state index contributed by atoms with van der Waals surface area (Å²) >= 11 is 0. The molecule has 5 nitrogen and oxygen atoms in total. The summed E-state index contributed by atoms with van der Waals surface area (Å²) in [5.41, 5.74) is 9.20. The maximum Gasteiger partial charge on any atom is 0.475 e. The van der Waals surface area contributed by atoms with Gasteiger partial charge in [-0.25, -0.2) is 0 Å². The topological polar surface area (TPSA) is 95.6 Å². The Labute approximate surface area is 155 Å². The lowest BCUT2D eigenvalue weighted by atomic mass is 9.75. The molecule has 0 saturated heterocycles. The second-order valence-corrected chi connectivity index (χ2v) is 7.03.